The van der Waals surface area contributed by atoms with Crippen LogP contribution in [-0.4, -0.2) is 49.6 Å². The van der Waals surface area contributed by atoms with Crippen LogP contribution in [0.5, 0.6) is 5.75 Å². The molecule has 142 valence electrons. The maximum absolute atomic E-state index is 12.7. The molecule has 2 aliphatic rings. The first-order valence-electron chi connectivity index (χ1n) is 9.00. The number of anilines is 1. The van der Waals surface area contributed by atoms with E-state index in [1.54, 1.807) is 25.3 Å². The second-order valence-electron chi connectivity index (χ2n) is 6.95. The number of rotatable bonds is 5. The van der Waals surface area contributed by atoms with Crippen molar-refractivity contribution in [2.75, 3.05) is 26.1 Å². The number of hydrogen-bond donors (Lipinski definition) is 1. The van der Waals surface area contributed by atoms with Crippen LogP contribution in [0.1, 0.15) is 32.1 Å². The van der Waals surface area contributed by atoms with Gasteiger partial charge in [0.15, 0.2) is 0 Å². The Labute approximate surface area is 158 Å². The number of fused-ring (bicyclic) bond motifs is 1. The number of ether oxygens (including phenoxy) is 2. The number of nitrogens with zero attached hydrogens (tertiary/aromatic N) is 1. The number of nitrogens with one attached hydrogen (secondary N) is 1. The maximum Gasteiger partial charge on any atom is 0.323 e. The van der Waals surface area contributed by atoms with E-state index in [9.17, 15) is 9.59 Å². The SMILES string of the molecule is COC(=O)C1CC2CCCCC2N1CC(=O)Nc1cc(Cl)ccc1OC. The lowest BCUT2D eigenvalue weighted by molar-refractivity contribution is -0.146. The van der Waals surface area contributed by atoms with Gasteiger partial charge in [-0.3, -0.25) is 14.5 Å². The van der Waals surface area contributed by atoms with E-state index in [1.807, 2.05) is 4.90 Å². The highest BCUT2D eigenvalue weighted by molar-refractivity contribution is 6.31. The van der Waals surface area contributed by atoms with E-state index in [0.717, 1.165) is 25.7 Å². The Hall–Kier alpha value is -1.79. The summed E-state index contributed by atoms with van der Waals surface area (Å²) >= 11 is 6.02. The predicted molar refractivity (Wildman–Crippen MR) is 99.5 cm³/mol. The molecule has 1 saturated heterocycles. The lowest BCUT2D eigenvalue weighted by Crippen LogP contribution is -2.46. The number of halogens is 1. The molecule has 1 saturated carbocycles. The van der Waals surface area contributed by atoms with Gasteiger partial charge < -0.3 is 14.8 Å². The zero-order valence-corrected chi connectivity index (χ0v) is 15.9. The molecule has 3 rings (SSSR count). The first-order chi connectivity index (χ1) is 12.5. The minimum Gasteiger partial charge on any atom is -0.495 e. The molecule has 1 N–H and O–H groups in total. The normalized spacial score (nSPS) is 25.4. The van der Waals surface area contributed by atoms with Crippen molar-refractivity contribution in [3.8, 4) is 5.75 Å². The number of hydrogen-bond acceptors (Lipinski definition) is 5. The summed E-state index contributed by atoms with van der Waals surface area (Å²) in [4.78, 5) is 26.9. The fourth-order valence-electron chi connectivity index (χ4n) is 4.28. The number of methoxy groups -OCH3 is 2. The Morgan fingerprint density at radius 2 is 2.04 bits per heavy atom. The smallest absolute Gasteiger partial charge is 0.323 e. The number of carbonyl (C=O) groups excluding carboxylic acids is 2. The molecule has 1 aromatic carbocycles. The molecule has 6 nitrogen and oxygen atoms in total. The average molecular weight is 381 g/mol. The second-order valence-corrected chi connectivity index (χ2v) is 7.39. The van der Waals surface area contributed by atoms with Gasteiger partial charge >= 0.3 is 5.97 Å². The van der Waals surface area contributed by atoms with Crippen molar-refractivity contribution in [2.45, 2.75) is 44.2 Å². The molecule has 1 aliphatic heterocycles. The minimum absolute atomic E-state index is 0.149. The van der Waals surface area contributed by atoms with E-state index < -0.39 is 0 Å². The van der Waals surface area contributed by atoms with Crippen molar-refractivity contribution in [3.63, 3.8) is 0 Å². The quantitative estimate of drug-likeness (QED) is 0.795. The Morgan fingerprint density at radius 3 is 2.77 bits per heavy atom. The molecule has 1 aromatic rings. The van der Waals surface area contributed by atoms with Crippen molar-refractivity contribution < 1.29 is 19.1 Å². The lowest BCUT2D eigenvalue weighted by Gasteiger charge is -2.32. The molecule has 1 heterocycles. The lowest BCUT2D eigenvalue weighted by atomic mass is 9.85. The summed E-state index contributed by atoms with van der Waals surface area (Å²) in [7, 11) is 2.94. The van der Waals surface area contributed by atoms with Crippen molar-refractivity contribution in [1.29, 1.82) is 0 Å². The second kappa shape index (κ2) is 8.27. The highest BCUT2D eigenvalue weighted by atomic mass is 35.5. The Morgan fingerprint density at radius 1 is 1.27 bits per heavy atom. The molecular weight excluding hydrogens is 356 g/mol. The zero-order chi connectivity index (χ0) is 18.7. The van der Waals surface area contributed by atoms with E-state index in [4.69, 9.17) is 21.1 Å². The Balaban J connectivity index is 1.73. The minimum atomic E-state index is -0.347. The van der Waals surface area contributed by atoms with Gasteiger partial charge in [-0.05, 0) is 43.4 Å². The summed E-state index contributed by atoms with van der Waals surface area (Å²) in [5.41, 5.74) is 0.527. The molecule has 3 unspecified atom stereocenters. The molecule has 0 bridgehead atoms. The summed E-state index contributed by atoms with van der Waals surface area (Å²) in [5, 5.41) is 3.38. The monoisotopic (exact) mass is 380 g/mol. The number of esters is 1. The van der Waals surface area contributed by atoms with Gasteiger partial charge in [0.05, 0.1) is 26.5 Å². The third-order valence-corrected chi connectivity index (χ3v) is 5.69. The summed E-state index contributed by atoms with van der Waals surface area (Å²) in [5.74, 6) is 0.559. The van der Waals surface area contributed by atoms with E-state index in [1.165, 1.54) is 13.5 Å². The fourth-order valence-corrected chi connectivity index (χ4v) is 4.45. The van der Waals surface area contributed by atoms with Crippen LogP contribution in [0.15, 0.2) is 18.2 Å². The van der Waals surface area contributed by atoms with Gasteiger partial charge in [0.1, 0.15) is 11.8 Å². The van der Waals surface area contributed by atoms with Gasteiger partial charge in [-0.15, -0.1) is 0 Å². The van der Waals surface area contributed by atoms with E-state index >= 15 is 0 Å². The van der Waals surface area contributed by atoms with Crippen LogP contribution in [0.25, 0.3) is 0 Å². The van der Waals surface area contributed by atoms with Gasteiger partial charge in [-0.25, -0.2) is 0 Å². The Kier molecular flexibility index (Phi) is 6.04. The van der Waals surface area contributed by atoms with Gasteiger partial charge in [0, 0.05) is 11.1 Å². The van der Waals surface area contributed by atoms with Crippen LogP contribution < -0.4 is 10.1 Å². The number of likely N-dealkylation sites (tertiary alicyclic amines) is 1. The number of benzene rings is 1. The van der Waals surface area contributed by atoms with Crippen LogP contribution in [0, 0.1) is 5.92 Å². The third kappa shape index (κ3) is 3.96. The summed E-state index contributed by atoms with van der Waals surface area (Å²) < 4.78 is 10.2. The molecule has 1 amide bonds. The standard InChI is InChI=1S/C19H25ClN2O4/c1-25-17-8-7-13(20)10-14(17)21-18(23)11-22-15-6-4-3-5-12(15)9-16(22)19(24)26-2/h7-8,10,12,15-16H,3-6,9,11H2,1-2H3,(H,21,23). The van der Waals surface area contributed by atoms with Crippen LogP contribution in [0.2, 0.25) is 5.02 Å². The van der Waals surface area contributed by atoms with Gasteiger partial charge in [0.2, 0.25) is 5.91 Å². The van der Waals surface area contributed by atoms with Gasteiger partial charge in [-0.2, -0.15) is 0 Å². The highest BCUT2D eigenvalue weighted by Gasteiger charge is 2.46. The van der Waals surface area contributed by atoms with Crippen LogP contribution in [0.3, 0.4) is 0 Å². The molecule has 26 heavy (non-hydrogen) atoms. The molecular formula is C19H25ClN2O4. The number of carbonyl (C=O) groups is 2. The van der Waals surface area contributed by atoms with Crippen molar-refractivity contribution in [3.05, 3.63) is 23.2 Å². The molecule has 2 fully saturated rings. The predicted octanol–water partition coefficient (Wildman–Crippen LogP) is 3.09. The van der Waals surface area contributed by atoms with E-state index in [-0.39, 0.29) is 30.5 Å². The average Bonchev–Trinajstić information content (AvgIpc) is 3.00. The van der Waals surface area contributed by atoms with Gasteiger partial charge in [-0.1, -0.05) is 24.4 Å². The topological polar surface area (TPSA) is 67.9 Å². The maximum atomic E-state index is 12.7. The molecule has 0 radical (unpaired) electrons. The summed E-state index contributed by atoms with van der Waals surface area (Å²) in [6.45, 7) is 0.149. The van der Waals surface area contributed by atoms with Gasteiger partial charge in [0.25, 0.3) is 0 Å². The number of amides is 1. The van der Waals surface area contributed by atoms with Crippen molar-refractivity contribution in [1.82, 2.24) is 4.90 Å². The molecule has 7 heteroatoms. The third-order valence-electron chi connectivity index (χ3n) is 5.46. The van der Waals surface area contributed by atoms with Crippen LogP contribution in [-0.2, 0) is 14.3 Å². The van der Waals surface area contributed by atoms with Crippen LogP contribution in [0.4, 0.5) is 5.69 Å². The largest absolute Gasteiger partial charge is 0.495 e. The Bertz CT molecular complexity index is 682. The van der Waals surface area contributed by atoms with Crippen molar-refractivity contribution in [2.24, 2.45) is 5.92 Å². The summed E-state index contributed by atoms with van der Waals surface area (Å²) in [6.07, 6.45) is 5.22. The van der Waals surface area contributed by atoms with E-state index in [2.05, 4.69) is 5.32 Å². The molecule has 0 aromatic heterocycles. The first-order valence-corrected chi connectivity index (χ1v) is 9.38. The summed E-state index contributed by atoms with van der Waals surface area (Å²) in [6, 6.07) is 4.99. The van der Waals surface area contributed by atoms with E-state index in [0.29, 0.717) is 22.4 Å². The first kappa shape index (κ1) is 19.0. The van der Waals surface area contributed by atoms with Crippen molar-refractivity contribution >= 4 is 29.2 Å². The van der Waals surface area contributed by atoms with Crippen LogP contribution >= 0.6 is 11.6 Å². The molecule has 3 atom stereocenters. The highest BCUT2D eigenvalue weighted by Crippen LogP contribution is 2.40. The fraction of sp³-hybridized carbons (Fsp3) is 0.579. The zero-order valence-electron chi connectivity index (χ0n) is 15.2. The molecule has 0 spiro atoms. The molecule has 1 aliphatic carbocycles.